The predicted molar refractivity (Wildman–Crippen MR) is 67.2 cm³/mol. The summed E-state index contributed by atoms with van der Waals surface area (Å²) in [7, 11) is 0. The number of rotatable bonds is 3. The third-order valence-electron chi connectivity index (χ3n) is 3.43. The lowest BCUT2D eigenvalue weighted by Gasteiger charge is -2.29. The number of nitrogens with two attached hydrogens (primary N) is 1. The van der Waals surface area contributed by atoms with Crippen molar-refractivity contribution in [2.45, 2.75) is 31.0 Å². The summed E-state index contributed by atoms with van der Waals surface area (Å²) in [5.74, 6) is -1.80. The van der Waals surface area contributed by atoms with Gasteiger partial charge in [-0.1, -0.05) is 0 Å². The zero-order valence-electron chi connectivity index (χ0n) is 11.0. The minimum Gasteiger partial charge on any atom is -0.478 e. The van der Waals surface area contributed by atoms with E-state index in [0.29, 0.717) is 4.57 Å². The van der Waals surface area contributed by atoms with E-state index in [1.54, 1.807) is 0 Å². The van der Waals surface area contributed by atoms with Crippen LogP contribution in [0.4, 0.5) is 5.82 Å². The summed E-state index contributed by atoms with van der Waals surface area (Å²) in [6, 6.07) is 0. The second-order valence-electron chi connectivity index (χ2n) is 4.74. The molecular formula is C11H15N3O7. The van der Waals surface area contributed by atoms with Gasteiger partial charge in [0.2, 0.25) is 0 Å². The molecule has 0 bridgehead atoms. The molecule has 0 aromatic carbocycles. The van der Waals surface area contributed by atoms with Gasteiger partial charge in [-0.25, -0.2) is 9.59 Å². The van der Waals surface area contributed by atoms with Gasteiger partial charge in [-0.05, 0) is 6.92 Å². The number of aryl methyl sites for hydroxylation is 1. The number of carboxylic acids is 1. The Balaban J connectivity index is 2.68. The zero-order chi connectivity index (χ0) is 15.9. The van der Waals surface area contributed by atoms with Crippen molar-refractivity contribution in [3.8, 4) is 0 Å². The Morgan fingerprint density at radius 1 is 1.57 bits per heavy atom. The summed E-state index contributed by atoms with van der Waals surface area (Å²) < 4.78 is 5.62. The molecule has 6 N–H and O–H groups in total. The molecule has 0 aliphatic carbocycles. The molecule has 1 aromatic heterocycles. The van der Waals surface area contributed by atoms with Crippen LogP contribution in [-0.2, 0) is 15.3 Å². The average molecular weight is 301 g/mol. The van der Waals surface area contributed by atoms with Gasteiger partial charge in [0, 0.05) is 11.8 Å². The molecule has 0 amide bonds. The van der Waals surface area contributed by atoms with Crippen molar-refractivity contribution in [2.75, 3.05) is 12.3 Å². The van der Waals surface area contributed by atoms with Crippen LogP contribution < -0.4 is 11.4 Å². The molecule has 0 radical (unpaired) electrons. The van der Waals surface area contributed by atoms with Gasteiger partial charge >= 0.3 is 11.7 Å². The van der Waals surface area contributed by atoms with Gasteiger partial charge in [-0.15, -0.1) is 0 Å². The molecule has 1 aliphatic rings. The van der Waals surface area contributed by atoms with Gasteiger partial charge in [0.25, 0.3) is 5.72 Å². The van der Waals surface area contributed by atoms with E-state index >= 15 is 0 Å². The van der Waals surface area contributed by atoms with Gasteiger partial charge in [-0.2, -0.15) is 4.98 Å². The zero-order valence-corrected chi connectivity index (χ0v) is 11.0. The fraction of sp³-hybridized carbons (Fsp3) is 0.545. The summed E-state index contributed by atoms with van der Waals surface area (Å²) in [5, 5.41) is 38.3. The number of nitrogens with zero attached hydrogens (tertiary/aromatic N) is 2. The fourth-order valence-corrected chi connectivity index (χ4v) is 2.23. The molecule has 116 valence electrons. The van der Waals surface area contributed by atoms with E-state index in [9.17, 15) is 24.9 Å². The monoisotopic (exact) mass is 301 g/mol. The summed E-state index contributed by atoms with van der Waals surface area (Å²) in [6.07, 6.45) is -3.96. The highest BCUT2D eigenvalue weighted by Gasteiger charge is 2.61. The van der Waals surface area contributed by atoms with Crippen molar-refractivity contribution >= 4 is 11.8 Å². The lowest BCUT2D eigenvalue weighted by Crippen LogP contribution is -2.56. The van der Waals surface area contributed by atoms with E-state index in [4.69, 9.17) is 15.6 Å². The molecule has 21 heavy (non-hydrogen) atoms. The SMILES string of the molecule is Cc1cn([C@]2(C(=O)O)O[C@H](CO)[C@@H](O)[C@H]2O)c(=O)nc1N. The first kappa shape index (κ1) is 15.4. The molecule has 4 atom stereocenters. The maximum Gasteiger partial charge on any atom is 0.361 e. The summed E-state index contributed by atoms with van der Waals surface area (Å²) >= 11 is 0. The topological polar surface area (TPSA) is 168 Å². The number of carboxylic acid groups (broad SMARTS) is 1. The number of aliphatic hydroxyl groups excluding tert-OH is 3. The molecule has 0 spiro atoms. The Morgan fingerprint density at radius 3 is 2.67 bits per heavy atom. The Bertz CT molecular complexity index is 631. The molecule has 10 heteroatoms. The summed E-state index contributed by atoms with van der Waals surface area (Å²) in [4.78, 5) is 26.9. The number of carbonyl (C=O) groups is 1. The van der Waals surface area contributed by atoms with Crippen LogP contribution in [0.1, 0.15) is 5.56 Å². The van der Waals surface area contributed by atoms with Crippen LogP contribution in [0.5, 0.6) is 0 Å². The third kappa shape index (κ3) is 2.08. The van der Waals surface area contributed by atoms with Gasteiger partial charge in [0.05, 0.1) is 6.61 Å². The minimum absolute atomic E-state index is 0.0940. The van der Waals surface area contributed by atoms with Gasteiger partial charge in [0.1, 0.15) is 24.1 Å². The summed E-state index contributed by atoms with van der Waals surface area (Å²) in [6.45, 7) is 0.749. The standard InChI is InChI=1S/C11H15N3O7/c1-4-2-14(10(20)13-8(4)12)11(9(18)19)7(17)6(16)5(3-15)21-11/h2,5-7,15-17H,3H2,1H3,(H,18,19)(H2,12,13,20)/t5-,6-,7-,11+/m1/s1. The number of nitrogen functional groups attached to an aromatic ring is 1. The van der Waals surface area contributed by atoms with Crippen LogP contribution in [0.25, 0.3) is 0 Å². The van der Waals surface area contributed by atoms with E-state index in [-0.39, 0.29) is 11.4 Å². The Morgan fingerprint density at radius 2 is 2.19 bits per heavy atom. The van der Waals surface area contributed by atoms with Crippen LogP contribution in [-0.4, -0.2) is 60.9 Å². The molecule has 2 heterocycles. The number of hydrogen-bond donors (Lipinski definition) is 5. The maximum atomic E-state index is 11.9. The van der Waals surface area contributed by atoms with E-state index in [1.165, 1.54) is 6.92 Å². The van der Waals surface area contributed by atoms with Crippen LogP contribution in [0.15, 0.2) is 11.0 Å². The first-order valence-corrected chi connectivity index (χ1v) is 6.00. The Hall–Kier alpha value is -2.01. The second kappa shape index (κ2) is 5.07. The maximum absolute atomic E-state index is 11.9. The predicted octanol–water partition coefficient (Wildman–Crippen LogP) is -3.02. The first-order valence-electron chi connectivity index (χ1n) is 6.00. The molecular weight excluding hydrogens is 286 g/mol. The number of hydrogen-bond acceptors (Lipinski definition) is 8. The van der Waals surface area contributed by atoms with Gasteiger partial charge in [-0.3, -0.25) is 4.57 Å². The second-order valence-corrected chi connectivity index (χ2v) is 4.74. The van der Waals surface area contributed by atoms with E-state index in [2.05, 4.69) is 4.98 Å². The molecule has 0 saturated carbocycles. The fourth-order valence-electron chi connectivity index (χ4n) is 2.23. The number of aliphatic hydroxyl groups is 3. The van der Waals surface area contributed by atoms with Gasteiger partial charge < -0.3 is 30.9 Å². The Labute approximate surface area is 118 Å². The third-order valence-corrected chi connectivity index (χ3v) is 3.43. The van der Waals surface area contributed by atoms with E-state index in [1.807, 2.05) is 0 Å². The van der Waals surface area contributed by atoms with Crippen molar-refractivity contribution in [3.63, 3.8) is 0 Å². The number of anilines is 1. The molecule has 0 unspecified atom stereocenters. The first-order chi connectivity index (χ1) is 9.75. The largest absolute Gasteiger partial charge is 0.478 e. The highest BCUT2D eigenvalue weighted by Crippen LogP contribution is 2.35. The molecule has 1 saturated heterocycles. The minimum atomic E-state index is -2.59. The Kier molecular flexibility index (Phi) is 3.72. The van der Waals surface area contributed by atoms with Crippen molar-refractivity contribution in [2.24, 2.45) is 0 Å². The molecule has 1 fully saturated rings. The van der Waals surface area contributed by atoms with Crippen molar-refractivity contribution < 1.29 is 30.0 Å². The van der Waals surface area contributed by atoms with Crippen molar-refractivity contribution in [3.05, 3.63) is 22.2 Å². The van der Waals surface area contributed by atoms with Crippen molar-refractivity contribution in [1.29, 1.82) is 0 Å². The lowest BCUT2D eigenvalue weighted by atomic mass is 10.0. The van der Waals surface area contributed by atoms with Gasteiger partial charge in [0.15, 0.2) is 0 Å². The van der Waals surface area contributed by atoms with Crippen LogP contribution >= 0.6 is 0 Å². The van der Waals surface area contributed by atoms with Crippen LogP contribution in [0, 0.1) is 6.92 Å². The molecule has 1 aliphatic heterocycles. The van der Waals surface area contributed by atoms with Crippen molar-refractivity contribution in [1.82, 2.24) is 9.55 Å². The quantitative estimate of drug-likeness (QED) is 0.390. The lowest BCUT2D eigenvalue weighted by molar-refractivity contribution is -0.196. The molecule has 2 rings (SSSR count). The number of aliphatic carboxylic acids is 1. The number of aromatic nitrogens is 2. The number of ether oxygens (including phenoxy) is 1. The smallest absolute Gasteiger partial charge is 0.361 e. The van der Waals surface area contributed by atoms with E-state index < -0.39 is 42.3 Å². The summed E-state index contributed by atoms with van der Waals surface area (Å²) in [5.41, 5.74) is 2.09. The highest BCUT2D eigenvalue weighted by atomic mass is 16.6. The average Bonchev–Trinajstić information content (AvgIpc) is 2.68. The normalized spacial score (nSPS) is 32.3. The highest BCUT2D eigenvalue weighted by molar-refractivity contribution is 5.76. The van der Waals surface area contributed by atoms with Crippen LogP contribution in [0.2, 0.25) is 0 Å². The molecule has 1 aromatic rings. The van der Waals surface area contributed by atoms with E-state index in [0.717, 1.165) is 6.20 Å². The van der Waals surface area contributed by atoms with Crippen LogP contribution in [0.3, 0.4) is 0 Å². The molecule has 10 nitrogen and oxygen atoms in total.